The Morgan fingerprint density at radius 3 is 2.67 bits per heavy atom. The molecule has 0 aromatic heterocycles. The number of hydrogen-bond acceptors (Lipinski definition) is 3. The fourth-order valence-corrected chi connectivity index (χ4v) is 1.04. The van der Waals surface area contributed by atoms with Gasteiger partial charge in [-0.3, -0.25) is 4.79 Å². The van der Waals surface area contributed by atoms with Crippen LogP contribution in [0.3, 0.4) is 0 Å². The van der Waals surface area contributed by atoms with E-state index in [0.717, 1.165) is 0 Å². The van der Waals surface area contributed by atoms with Gasteiger partial charge in [0.2, 0.25) is 0 Å². The molecular weight excluding hydrogens is 178 g/mol. The minimum Gasteiger partial charge on any atom is -0.507 e. The highest BCUT2D eigenvalue weighted by molar-refractivity contribution is 6.68. The summed E-state index contributed by atoms with van der Waals surface area (Å²) in [7, 11) is 0. The van der Waals surface area contributed by atoms with Crippen LogP contribution in [0.15, 0.2) is 18.2 Å². The molecule has 0 amide bonds. The van der Waals surface area contributed by atoms with Gasteiger partial charge in [-0.15, -0.1) is 0 Å². The largest absolute Gasteiger partial charge is 0.507 e. The first kappa shape index (κ1) is 8.57. The van der Waals surface area contributed by atoms with Crippen LogP contribution in [0.4, 0.5) is 0 Å². The number of carbonyl (C=O) groups is 1. The molecule has 0 saturated heterocycles. The summed E-state index contributed by atoms with van der Waals surface area (Å²) >= 11 is 5.14. The van der Waals surface area contributed by atoms with Crippen molar-refractivity contribution < 1.29 is 9.90 Å². The van der Waals surface area contributed by atoms with Gasteiger partial charge in [0.05, 0.1) is 11.1 Å². The number of carbonyl (C=O) groups excluding carboxylic acids is 1. The Morgan fingerprint density at radius 1 is 1.58 bits per heavy atom. The second-order valence-corrected chi connectivity index (χ2v) is 2.43. The molecule has 0 spiro atoms. The third-order valence-corrected chi connectivity index (χ3v) is 1.55. The van der Waals surface area contributed by atoms with Gasteiger partial charge in [0.1, 0.15) is 11.8 Å². The Balaban J connectivity index is 3.42. The Morgan fingerprint density at radius 2 is 2.25 bits per heavy atom. The maximum atomic E-state index is 10.7. The Bertz CT molecular complexity index is 368. The molecule has 4 heteroatoms. The lowest BCUT2D eigenvalue weighted by atomic mass is 10.1. The lowest BCUT2D eigenvalue weighted by Crippen LogP contribution is -1.93. The molecule has 0 heterocycles. The standard InChI is InChI=1S/C8H4ClNO2/c9-8(12)7-5(4-10)2-1-3-6(7)11/h1-3,11H. The molecule has 3 nitrogen and oxygen atoms in total. The van der Waals surface area contributed by atoms with E-state index in [1.54, 1.807) is 6.07 Å². The van der Waals surface area contributed by atoms with Crippen molar-refractivity contribution in [2.75, 3.05) is 0 Å². The fraction of sp³-hybridized carbons (Fsp3) is 0. The fourth-order valence-electron chi connectivity index (χ4n) is 0.840. The summed E-state index contributed by atoms with van der Waals surface area (Å²) < 4.78 is 0. The van der Waals surface area contributed by atoms with Crippen molar-refractivity contribution in [1.29, 1.82) is 5.26 Å². The number of nitrogens with zero attached hydrogens (tertiary/aromatic N) is 1. The van der Waals surface area contributed by atoms with Gasteiger partial charge in [-0.1, -0.05) is 6.07 Å². The monoisotopic (exact) mass is 181 g/mol. The van der Waals surface area contributed by atoms with Gasteiger partial charge in [0.25, 0.3) is 5.24 Å². The normalized spacial score (nSPS) is 9.00. The van der Waals surface area contributed by atoms with Crippen molar-refractivity contribution in [2.24, 2.45) is 0 Å². The zero-order valence-electron chi connectivity index (χ0n) is 5.91. The van der Waals surface area contributed by atoms with Gasteiger partial charge in [-0.05, 0) is 23.7 Å². The average Bonchev–Trinajstić information content (AvgIpc) is 2.03. The Hall–Kier alpha value is -1.53. The molecule has 0 unspecified atom stereocenters. The van der Waals surface area contributed by atoms with Crippen molar-refractivity contribution in [2.45, 2.75) is 0 Å². The summed E-state index contributed by atoms with van der Waals surface area (Å²) in [6.07, 6.45) is 0. The van der Waals surface area contributed by atoms with Crippen LogP contribution in [0, 0.1) is 11.3 Å². The predicted octanol–water partition coefficient (Wildman–Crippen LogP) is 1.64. The topological polar surface area (TPSA) is 61.1 Å². The highest BCUT2D eigenvalue weighted by atomic mass is 35.5. The minimum atomic E-state index is -0.829. The summed E-state index contributed by atoms with van der Waals surface area (Å²) in [4.78, 5) is 10.7. The van der Waals surface area contributed by atoms with E-state index in [4.69, 9.17) is 22.0 Å². The lowest BCUT2D eigenvalue weighted by molar-refractivity contribution is 0.107. The predicted molar refractivity (Wildman–Crippen MR) is 43.0 cm³/mol. The van der Waals surface area contributed by atoms with E-state index in [1.165, 1.54) is 18.2 Å². The number of nitriles is 1. The summed E-state index contributed by atoms with van der Waals surface area (Å²) in [5.74, 6) is -0.269. The van der Waals surface area contributed by atoms with Gasteiger partial charge in [-0.2, -0.15) is 5.26 Å². The maximum absolute atomic E-state index is 10.7. The number of phenols is 1. The highest BCUT2D eigenvalue weighted by Gasteiger charge is 2.12. The highest BCUT2D eigenvalue weighted by Crippen LogP contribution is 2.21. The zero-order chi connectivity index (χ0) is 9.14. The van der Waals surface area contributed by atoms with Crippen LogP contribution in [0.25, 0.3) is 0 Å². The molecule has 0 aliphatic carbocycles. The molecule has 0 radical (unpaired) electrons. The molecule has 1 aromatic rings. The van der Waals surface area contributed by atoms with Crippen LogP contribution in [-0.4, -0.2) is 10.3 Å². The van der Waals surface area contributed by atoms with Crippen LogP contribution >= 0.6 is 11.6 Å². The van der Waals surface area contributed by atoms with Crippen LogP contribution in [0.1, 0.15) is 15.9 Å². The first-order valence-electron chi connectivity index (χ1n) is 3.08. The molecule has 0 atom stereocenters. The molecule has 1 rings (SSSR count). The Labute approximate surface area is 73.8 Å². The Kier molecular flexibility index (Phi) is 2.32. The number of aromatic hydroxyl groups is 1. The maximum Gasteiger partial charge on any atom is 0.257 e. The quantitative estimate of drug-likeness (QED) is 0.670. The molecule has 0 fully saturated rings. The van der Waals surface area contributed by atoms with Crippen molar-refractivity contribution in [3.63, 3.8) is 0 Å². The van der Waals surface area contributed by atoms with E-state index in [-0.39, 0.29) is 16.9 Å². The number of halogens is 1. The first-order valence-corrected chi connectivity index (χ1v) is 3.46. The number of phenolic OH excluding ortho intramolecular Hbond substituents is 1. The zero-order valence-corrected chi connectivity index (χ0v) is 6.67. The van der Waals surface area contributed by atoms with Crippen LogP contribution < -0.4 is 0 Å². The smallest absolute Gasteiger partial charge is 0.257 e. The molecule has 0 aliphatic heterocycles. The van der Waals surface area contributed by atoms with Crippen molar-refractivity contribution in [3.05, 3.63) is 29.3 Å². The van der Waals surface area contributed by atoms with E-state index >= 15 is 0 Å². The van der Waals surface area contributed by atoms with Crippen LogP contribution in [-0.2, 0) is 0 Å². The number of rotatable bonds is 1. The summed E-state index contributed by atoms with van der Waals surface area (Å²) in [5, 5.41) is 16.8. The molecule has 1 N–H and O–H groups in total. The van der Waals surface area contributed by atoms with E-state index in [9.17, 15) is 4.79 Å². The van der Waals surface area contributed by atoms with Crippen molar-refractivity contribution >= 4 is 16.8 Å². The lowest BCUT2D eigenvalue weighted by Gasteiger charge is -1.99. The second kappa shape index (κ2) is 3.24. The number of benzene rings is 1. The second-order valence-electron chi connectivity index (χ2n) is 2.09. The van der Waals surface area contributed by atoms with Gasteiger partial charge in [0, 0.05) is 0 Å². The van der Waals surface area contributed by atoms with E-state index in [1.807, 2.05) is 0 Å². The summed E-state index contributed by atoms with van der Waals surface area (Å²) in [5.41, 5.74) is -0.0586. The third-order valence-electron chi connectivity index (χ3n) is 1.36. The molecule has 60 valence electrons. The molecule has 0 saturated carbocycles. The van der Waals surface area contributed by atoms with Crippen molar-refractivity contribution in [1.82, 2.24) is 0 Å². The van der Waals surface area contributed by atoms with Crippen molar-refractivity contribution in [3.8, 4) is 11.8 Å². The molecule has 0 bridgehead atoms. The summed E-state index contributed by atoms with van der Waals surface area (Å²) in [6.45, 7) is 0. The molecule has 12 heavy (non-hydrogen) atoms. The molecule has 0 aliphatic rings. The first-order chi connectivity index (χ1) is 5.66. The summed E-state index contributed by atoms with van der Waals surface area (Å²) in [6, 6.07) is 5.94. The van der Waals surface area contributed by atoms with Gasteiger partial charge in [0.15, 0.2) is 0 Å². The third kappa shape index (κ3) is 1.39. The van der Waals surface area contributed by atoms with E-state index < -0.39 is 5.24 Å². The van der Waals surface area contributed by atoms with E-state index in [0.29, 0.717) is 0 Å². The molecular formula is C8H4ClNO2. The molecule has 1 aromatic carbocycles. The van der Waals surface area contributed by atoms with Gasteiger partial charge < -0.3 is 5.11 Å². The van der Waals surface area contributed by atoms with Crippen LogP contribution in [0.5, 0.6) is 5.75 Å². The average molecular weight is 182 g/mol. The van der Waals surface area contributed by atoms with Crippen LogP contribution in [0.2, 0.25) is 0 Å². The minimum absolute atomic E-state index is 0.0787. The van der Waals surface area contributed by atoms with Gasteiger partial charge >= 0.3 is 0 Å². The SMILES string of the molecule is N#Cc1cccc(O)c1C(=O)Cl. The van der Waals surface area contributed by atoms with Gasteiger partial charge in [-0.25, -0.2) is 0 Å². The number of hydrogen-bond donors (Lipinski definition) is 1. The van der Waals surface area contributed by atoms with E-state index in [2.05, 4.69) is 0 Å².